The fourth-order valence-corrected chi connectivity index (χ4v) is 17.3. The monoisotopic (exact) mass is 887 g/mol. The zero-order valence-corrected chi connectivity index (χ0v) is 39.2. The highest BCUT2D eigenvalue weighted by molar-refractivity contribution is 9.09. The van der Waals surface area contributed by atoms with Crippen LogP contribution in [0.3, 0.4) is 0 Å². The number of carbonyl (C=O) groups excluding carboxylic acids is 2. The van der Waals surface area contributed by atoms with Crippen LogP contribution in [0.15, 0.2) is 0 Å². The van der Waals surface area contributed by atoms with Crippen LogP contribution in [0.25, 0.3) is 0 Å². The van der Waals surface area contributed by atoms with E-state index in [1.54, 1.807) is 0 Å². The summed E-state index contributed by atoms with van der Waals surface area (Å²) in [4.78, 5) is 28.1. The second kappa shape index (κ2) is 18.6. The van der Waals surface area contributed by atoms with E-state index >= 15 is 0 Å². The summed E-state index contributed by atoms with van der Waals surface area (Å²) >= 11 is 3.42. The zero-order valence-electron chi connectivity index (χ0n) is 37.6. The normalized spacial score (nSPS) is 49.1. The number of morpholine rings is 2. The number of ether oxygens (including phenoxy) is 2. The fourth-order valence-electron chi connectivity index (χ4n) is 16.9. The Bertz CT molecular complexity index is 1440. The van der Waals surface area contributed by atoms with Gasteiger partial charge in [0, 0.05) is 38.0 Å². The lowest BCUT2D eigenvalue weighted by Crippen LogP contribution is -2.51. The molecule has 10 aliphatic rings. The van der Waals surface area contributed by atoms with Crippen molar-refractivity contribution < 1.29 is 29.3 Å². The number of fused-ring (bicyclic) bond motifs is 10. The van der Waals surface area contributed by atoms with E-state index in [0.717, 1.165) is 150 Å². The van der Waals surface area contributed by atoms with Gasteiger partial charge in [-0.25, -0.2) is 0 Å². The van der Waals surface area contributed by atoms with Gasteiger partial charge in [0.25, 0.3) is 0 Å². The van der Waals surface area contributed by atoms with Gasteiger partial charge in [-0.2, -0.15) is 0 Å². The Balaban J connectivity index is 0.000000146. The van der Waals surface area contributed by atoms with Crippen LogP contribution >= 0.6 is 15.9 Å². The molecule has 0 unspecified atom stereocenters. The van der Waals surface area contributed by atoms with Crippen molar-refractivity contribution in [3.8, 4) is 0 Å². The average molecular weight is 888 g/mol. The first-order valence-corrected chi connectivity index (χ1v) is 26.0. The lowest BCUT2D eigenvalue weighted by molar-refractivity contribution is -0.134. The molecule has 10 fully saturated rings. The molecule has 16 atom stereocenters. The predicted molar refractivity (Wildman–Crippen MR) is 237 cm³/mol. The van der Waals surface area contributed by atoms with Gasteiger partial charge < -0.3 is 25.0 Å². The number of halogens is 1. The van der Waals surface area contributed by atoms with Crippen LogP contribution in [0.2, 0.25) is 0 Å². The standard InChI is InChI=1S/C25H41NO3.C21H33BrO2.C4H9NO/c1-24(28)9-7-18-17(15-24)3-4-20-19(18)8-10-25(2)21(20)5-6-22(25)23(27)16-26-11-13-29-14-12-26;1-20(24)9-7-14-13(11-20)3-4-16-15(14)8-10-21(2)17(16)5-6-18(21)19(23)12-22;1-3-6-4-2-5-1/h17-22,28H,3-16H2,1-2H3;13-18,24H,3-12H2,1-2H3;5H,1-4H2/t17-,18-,19+,20+,21-,22+,24+,25-;13-,14-,15+,16+,17-,18+,20+,21-;/m00./s1. The summed E-state index contributed by atoms with van der Waals surface area (Å²) in [5, 5.41) is 24.8. The molecule has 10 rings (SSSR count). The summed E-state index contributed by atoms with van der Waals surface area (Å²) in [5.41, 5.74) is -0.351. The highest BCUT2D eigenvalue weighted by Gasteiger charge is 2.60. The van der Waals surface area contributed by atoms with Gasteiger partial charge in [0.1, 0.15) is 11.6 Å². The van der Waals surface area contributed by atoms with Crippen molar-refractivity contribution in [1.82, 2.24) is 10.2 Å². The van der Waals surface area contributed by atoms with Gasteiger partial charge in [0.2, 0.25) is 0 Å². The average Bonchev–Trinajstić information content (AvgIpc) is 3.78. The minimum Gasteiger partial charge on any atom is -0.390 e. The Morgan fingerprint density at radius 2 is 1.03 bits per heavy atom. The Morgan fingerprint density at radius 3 is 1.47 bits per heavy atom. The van der Waals surface area contributed by atoms with E-state index in [1.165, 1.54) is 77.0 Å². The van der Waals surface area contributed by atoms with Crippen molar-refractivity contribution >= 4 is 27.5 Å². The number of hydrogen-bond acceptors (Lipinski definition) is 8. The van der Waals surface area contributed by atoms with Gasteiger partial charge in [0.15, 0.2) is 0 Å². The summed E-state index contributed by atoms with van der Waals surface area (Å²) in [6, 6.07) is 0. The minimum atomic E-state index is -0.429. The first-order chi connectivity index (χ1) is 28.2. The SMILES string of the molecule is C1COCCN1.C[C@@]1(O)CC[C@H]2[C@@H](CC[C@@H]3[C@@H]2CC[C@]2(C)[C@@H](C(=O)CBr)CC[C@@H]32)C1.C[C@@]1(O)CC[C@H]2[C@@H](CC[C@@H]3[C@@H]2CC[C@]2(C)[C@@H](C(=O)CN4CCOCC4)CC[C@@H]32)C1. The number of alkyl halides is 1. The molecule has 0 bridgehead atoms. The molecule has 2 saturated heterocycles. The largest absolute Gasteiger partial charge is 0.390 e. The third-order valence-electron chi connectivity index (χ3n) is 19.7. The highest BCUT2D eigenvalue weighted by Crippen LogP contribution is 2.66. The van der Waals surface area contributed by atoms with E-state index in [-0.39, 0.29) is 16.7 Å². The summed E-state index contributed by atoms with van der Waals surface area (Å²) in [7, 11) is 0. The number of nitrogens with one attached hydrogen (secondary N) is 1. The van der Waals surface area contributed by atoms with Crippen LogP contribution < -0.4 is 5.32 Å². The van der Waals surface area contributed by atoms with Crippen LogP contribution in [-0.4, -0.2) is 102 Å². The maximum absolute atomic E-state index is 13.3. The molecule has 0 radical (unpaired) electrons. The molecule has 0 amide bonds. The van der Waals surface area contributed by atoms with Gasteiger partial charge in [-0.15, -0.1) is 0 Å². The number of Topliss-reactive ketones (excluding diaryl/α,β-unsaturated/α-hetero) is 2. The van der Waals surface area contributed by atoms with Gasteiger partial charge >= 0.3 is 0 Å². The Hall–Kier alpha value is -0.420. The number of carbonyl (C=O) groups is 2. The van der Waals surface area contributed by atoms with Crippen molar-refractivity contribution in [2.45, 2.75) is 154 Å². The number of ketones is 2. The summed E-state index contributed by atoms with van der Waals surface area (Å²) in [5.74, 6) is 9.64. The summed E-state index contributed by atoms with van der Waals surface area (Å²) in [6.45, 7) is 16.9. The molecule has 0 spiro atoms. The molecule has 2 aliphatic heterocycles. The number of nitrogens with zero attached hydrogens (tertiary/aromatic N) is 1. The molecule has 0 aromatic heterocycles. The molecule has 8 aliphatic carbocycles. The minimum absolute atomic E-state index is 0.234. The molecule has 3 N–H and O–H groups in total. The van der Waals surface area contributed by atoms with Crippen molar-refractivity contribution in [2.24, 2.45) is 81.8 Å². The third kappa shape index (κ3) is 9.40. The second-order valence-corrected chi connectivity index (χ2v) is 23.6. The molecular formula is C50H83BrN2O6. The predicted octanol–water partition coefficient (Wildman–Crippen LogP) is 8.48. The highest BCUT2D eigenvalue weighted by atomic mass is 79.9. The van der Waals surface area contributed by atoms with E-state index in [1.807, 2.05) is 6.92 Å². The Morgan fingerprint density at radius 1 is 0.576 bits per heavy atom. The third-order valence-corrected chi connectivity index (χ3v) is 20.3. The Kier molecular flexibility index (Phi) is 14.2. The molecule has 0 aromatic carbocycles. The van der Waals surface area contributed by atoms with Crippen molar-refractivity contribution in [3.63, 3.8) is 0 Å². The van der Waals surface area contributed by atoms with Gasteiger partial charge in [0.05, 0.1) is 49.5 Å². The lowest BCUT2D eigenvalue weighted by Gasteiger charge is -2.57. The van der Waals surface area contributed by atoms with Crippen molar-refractivity contribution in [1.29, 1.82) is 0 Å². The number of rotatable bonds is 5. The molecular weight excluding hydrogens is 804 g/mol. The number of aliphatic hydroxyl groups is 2. The molecule has 8 nitrogen and oxygen atoms in total. The van der Waals surface area contributed by atoms with E-state index in [9.17, 15) is 19.8 Å². The quantitative estimate of drug-likeness (QED) is 0.236. The molecule has 0 aromatic rings. The van der Waals surface area contributed by atoms with Crippen molar-refractivity contribution in [3.05, 3.63) is 0 Å². The van der Waals surface area contributed by atoms with Crippen LogP contribution in [0, 0.1) is 81.8 Å². The first-order valence-electron chi connectivity index (χ1n) is 24.9. The molecule has 9 heteroatoms. The van der Waals surface area contributed by atoms with Crippen molar-refractivity contribution in [2.75, 3.05) is 64.5 Å². The van der Waals surface area contributed by atoms with Crippen LogP contribution in [0.1, 0.15) is 143 Å². The maximum Gasteiger partial charge on any atom is 0.150 e. The number of hydrogen-bond donors (Lipinski definition) is 3. The van der Waals surface area contributed by atoms with E-state index in [2.05, 4.69) is 46.9 Å². The van der Waals surface area contributed by atoms with Gasteiger partial charge in [-0.05, 0) is 199 Å². The Labute approximate surface area is 366 Å². The van der Waals surface area contributed by atoms with Crippen LogP contribution in [-0.2, 0) is 19.1 Å². The van der Waals surface area contributed by atoms with E-state index < -0.39 is 11.2 Å². The molecule has 8 saturated carbocycles. The summed E-state index contributed by atoms with van der Waals surface area (Å²) < 4.78 is 10.5. The first kappa shape index (κ1) is 45.2. The molecule has 59 heavy (non-hydrogen) atoms. The topological polar surface area (TPSA) is 108 Å². The smallest absolute Gasteiger partial charge is 0.150 e. The van der Waals surface area contributed by atoms with Crippen LogP contribution in [0.5, 0.6) is 0 Å². The fraction of sp³-hybridized carbons (Fsp3) is 0.960. The van der Waals surface area contributed by atoms with E-state index in [4.69, 9.17) is 9.47 Å². The molecule has 336 valence electrons. The maximum atomic E-state index is 13.3. The summed E-state index contributed by atoms with van der Waals surface area (Å²) in [6.07, 6.45) is 21.7. The van der Waals surface area contributed by atoms with Gasteiger partial charge in [-0.1, -0.05) is 29.8 Å². The lowest BCUT2D eigenvalue weighted by atomic mass is 9.49. The van der Waals surface area contributed by atoms with E-state index in [0.29, 0.717) is 29.4 Å². The molecule has 2 heterocycles. The van der Waals surface area contributed by atoms with Gasteiger partial charge in [-0.3, -0.25) is 14.5 Å². The second-order valence-electron chi connectivity index (χ2n) is 23.0. The zero-order chi connectivity index (χ0) is 41.6. The van der Waals surface area contributed by atoms with Crippen LogP contribution in [0.4, 0.5) is 0 Å².